The third kappa shape index (κ3) is 3.54. The maximum Gasteiger partial charge on any atom is 0.250 e. The fourth-order valence-corrected chi connectivity index (χ4v) is 5.44. The molecule has 0 bridgehead atoms. The van der Waals surface area contributed by atoms with Gasteiger partial charge in [0.25, 0.3) is 0 Å². The summed E-state index contributed by atoms with van der Waals surface area (Å²) in [6, 6.07) is 3.53. The van der Waals surface area contributed by atoms with E-state index < -0.39 is 15.8 Å². The number of thiophene rings is 1. The number of hydrogen-bond donors (Lipinski definition) is 1. The summed E-state index contributed by atoms with van der Waals surface area (Å²) in [6.45, 7) is 2.75. The van der Waals surface area contributed by atoms with Crippen molar-refractivity contribution in [3.63, 3.8) is 0 Å². The summed E-state index contributed by atoms with van der Waals surface area (Å²) in [4.78, 5) is 1.07. The van der Waals surface area contributed by atoms with Crippen LogP contribution in [0.3, 0.4) is 0 Å². The summed E-state index contributed by atoms with van der Waals surface area (Å²) >= 11 is 1.32. The lowest BCUT2D eigenvalue weighted by molar-refractivity contribution is -0.186. The summed E-state index contributed by atoms with van der Waals surface area (Å²) in [5.41, 5.74) is 0. The highest BCUT2D eigenvalue weighted by Crippen LogP contribution is 2.37. The zero-order chi connectivity index (χ0) is 15.6. The van der Waals surface area contributed by atoms with E-state index >= 15 is 0 Å². The van der Waals surface area contributed by atoms with Gasteiger partial charge in [-0.2, -0.15) is 0 Å². The molecule has 7 heteroatoms. The minimum absolute atomic E-state index is 0.196. The monoisotopic (exact) mass is 345 g/mol. The topological polar surface area (TPSA) is 64.6 Å². The molecule has 1 spiro atoms. The number of aryl methyl sites for hydroxylation is 1. The first-order valence-electron chi connectivity index (χ1n) is 7.93. The van der Waals surface area contributed by atoms with Crippen LogP contribution >= 0.6 is 11.3 Å². The maximum atomic E-state index is 12.3. The second-order valence-electron chi connectivity index (χ2n) is 5.95. The smallest absolute Gasteiger partial charge is 0.250 e. The van der Waals surface area contributed by atoms with Crippen LogP contribution in [0.1, 0.15) is 43.9 Å². The molecule has 3 rings (SSSR count). The second kappa shape index (κ2) is 6.57. The van der Waals surface area contributed by atoms with E-state index in [2.05, 4.69) is 4.72 Å². The van der Waals surface area contributed by atoms with Crippen molar-refractivity contribution < 1.29 is 17.9 Å². The van der Waals surface area contributed by atoms with E-state index in [-0.39, 0.29) is 12.6 Å². The fourth-order valence-electron chi connectivity index (χ4n) is 3.04. The molecule has 2 aliphatic rings. The van der Waals surface area contributed by atoms with Gasteiger partial charge in [0.1, 0.15) is 4.21 Å². The molecule has 1 aliphatic carbocycles. The van der Waals surface area contributed by atoms with Gasteiger partial charge in [-0.05, 0) is 31.4 Å². The number of ether oxygens (including phenoxy) is 2. The van der Waals surface area contributed by atoms with Gasteiger partial charge in [0.15, 0.2) is 5.79 Å². The van der Waals surface area contributed by atoms with Crippen LogP contribution in [0.5, 0.6) is 0 Å². The average molecular weight is 345 g/mol. The molecular formula is C15H23NO4S2. The van der Waals surface area contributed by atoms with E-state index in [0.717, 1.165) is 37.0 Å². The first kappa shape index (κ1) is 16.4. The zero-order valence-corrected chi connectivity index (χ0v) is 14.5. The molecule has 0 aromatic carbocycles. The van der Waals surface area contributed by atoms with Gasteiger partial charge in [-0.25, -0.2) is 13.1 Å². The van der Waals surface area contributed by atoms with Crippen LogP contribution in [0.15, 0.2) is 16.3 Å². The Balaban J connectivity index is 1.56. The Bertz CT molecular complexity index is 605. The Labute approximate surface area is 136 Å². The third-order valence-corrected chi connectivity index (χ3v) is 7.43. The second-order valence-corrected chi connectivity index (χ2v) is 9.11. The highest BCUT2D eigenvalue weighted by Gasteiger charge is 2.42. The summed E-state index contributed by atoms with van der Waals surface area (Å²) in [7, 11) is -3.45. The van der Waals surface area contributed by atoms with Gasteiger partial charge in [0, 0.05) is 24.3 Å². The largest absolute Gasteiger partial charge is 0.347 e. The predicted molar refractivity (Wildman–Crippen MR) is 85.5 cm³/mol. The van der Waals surface area contributed by atoms with Crippen LogP contribution in [0.4, 0.5) is 0 Å². The van der Waals surface area contributed by atoms with Crippen LogP contribution in [0.2, 0.25) is 0 Å². The van der Waals surface area contributed by atoms with Crippen molar-refractivity contribution >= 4 is 21.4 Å². The highest BCUT2D eigenvalue weighted by molar-refractivity contribution is 7.91. The molecule has 1 saturated heterocycles. The third-order valence-electron chi connectivity index (χ3n) is 4.28. The molecule has 5 nitrogen and oxygen atoms in total. The van der Waals surface area contributed by atoms with E-state index in [4.69, 9.17) is 9.47 Å². The molecule has 0 amide bonds. The summed E-state index contributed by atoms with van der Waals surface area (Å²) in [5.74, 6) is -0.452. The first-order chi connectivity index (χ1) is 10.5. The van der Waals surface area contributed by atoms with Crippen molar-refractivity contribution in [3.8, 4) is 0 Å². The molecule has 22 heavy (non-hydrogen) atoms. The number of sulfonamides is 1. The van der Waals surface area contributed by atoms with Gasteiger partial charge in [0.2, 0.25) is 10.0 Å². The lowest BCUT2D eigenvalue weighted by atomic mass is 9.94. The van der Waals surface area contributed by atoms with Crippen molar-refractivity contribution in [1.82, 2.24) is 4.72 Å². The van der Waals surface area contributed by atoms with Crippen LogP contribution in [0, 0.1) is 0 Å². The number of nitrogens with one attached hydrogen (secondary N) is 1. The van der Waals surface area contributed by atoms with E-state index in [9.17, 15) is 8.42 Å². The standard InChI is InChI=1S/C15H23NO4S2/c1-2-13-6-7-14(21-13)22(17,18)16-10-12-11-19-15(20-12)8-4-3-5-9-15/h6-7,12,16H,2-5,8-11H2,1H3. The van der Waals surface area contributed by atoms with Gasteiger partial charge >= 0.3 is 0 Å². The molecule has 2 heterocycles. The summed E-state index contributed by atoms with van der Waals surface area (Å²) in [6.07, 6.45) is 5.95. The van der Waals surface area contributed by atoms with Crippen molar-refractivity contribution in [2.75, 3.05) is 13.2 Å². The molecule has 124 valence electrons. The normalized spacial score (nSPS) is 24.9. The van der Waals surface area contributed by atoms with Crippen molar-refractivity contribution in [2.45, 2.75) is 61.5 Å². The van der Waals surface area contributed by atoms with Crippen molar-refractivity contribution in [2.24, 2.45) is 0 Å². The maximum absolute atomic E-state index is 12.3. The molecule has 0 radical (unpaired) electrons. The molecule has 1 unspecified atom stereocenters. The molecule has 2 fully saturated rings. The van der Waals surface area contributed by atoms with Gasteiger partial charge in [-0.3, -0.25) is 0 Å². The Morgan fingerprint density at radius 2 is 2.09 bits per heavy atom. The summed E-state index contributed by atoms with van der Waals surface area (Å²) < 4.78 is 39.4. The Morgan fingerprint density at radius 1 is 1.32 bits per heavy atom. The molecule has 1 aliphatic heterocycles. The first-order valence-corrected chi connectivity index (χ1v) is 10.2. The Kier molecular flexibility index (Phi) is 4.89. The molecule has 1 N–H and O–H groups in total. The van der Waals surface area contributed by atoms with Crippen LogP contribution in [-0.4, -0.2) is 33.5 Å². The highest BCUT2D eigenvalue weighted by atomic mass is 32.2. The van der Waals surface area contributed by atoms with Crippen LogP contribution < -0.4 is 4.72 Å². The van der Waals surface area contributed by atoms with Gasteiger partial charge in [0.05, 0.1) is 12.7 Å². The van der Waals surface area contributed by atoms with Gasteiger partial charge in [-0.1, -0.05) is 13.3 Å². The minimum Gasteiger partial charge on any atom is -0.347 e. The average Bonchev–Trinajstić information content (AvgIpc) is 3.14. The van der Waals surface area contributed by atoms with E-state index in [1.54, 1.807) is 6.07 Å². The van der Waals surface area contributed by atoms with E-state index in [0.29, 0.717) is 10.8 Å². The molecular weight excluding hydrogens is 322 g/mol. The molecule has 1 aromatic rings. The van der Waals surface area contributed by atoms with Gasteiger partial charge < -0.3 is 9.47 Å². The minimum atomic E-state index is -3.45. The Morgan fingerprint density at radius 3 is 2.77 bits per heavy atom. The van der Waals surface area contributed by atoms with Crippen molar-refractivity contribution in [1.29, 1.82) is 0 Å². The van der Waals surface area contributed by atoms with E-state index in [1.807, 2.05) is 13.0 Å². The predicted octanol–water partition coefficient (Wildman–Crippen LogP) is 2.66. The quantitative estimate of drug-likeness (QED) is 0.891. The molecule has 1 saturated carbocycles. The zero-order valence-electron chi connectivity index (χ0n) is 12.8. The number of rotatable bonds is 5. The summed E-state index contributed by atoms with van der Waals surface area (Å²) in [5, 5.41) is 0. The van der Waals surface area contributed by atoms with E-state index in [1.165, 1.54) is 17.8 Å². The Hall–Kier alpha value is -0.470. The lowest BCUT2D eigenvalue weighted by Crippen LogP contribution is -2.37. The van der Waals surface area contributed by atoms with Gasteiger partial charge in [-0.15, -0.1) is 11.3 Å². The van der Waals surface area contributed by atoms with Crippen molar-refractivity contribution in [3.05, 3.63) is 17.0 Å². The SMILES string of the molecule is CCc1ccc(S(=O)(=O)NCC2COC3(CCCCC3)O2)s1. The molecule has 1 atom stereocenters. The lowest BCUT2D eigenvalue weighted by Gasteiger charge is -2.31. The number of hydrogen-bond acceptors (Lipinski definition) is 5. The van der Waals surface area contributed by atoms with Crippen LogP contribution in [-0.2, 0) is 25.9 Å². The fraction of sp³-hybridized carbons (Fsp3) is 0.733. The van der Waals surface area contributed by atoms with Crippen LogP contribution in [0.25, 0.3) is 0 Å². The molecule has 1 aromatic heterocycles.